The molecule has 2 rings (SSSR count). The van der Waals surface area contributed by atoms with Crippen LogP contribution in [0.15, 0.2) is 24.3 Å². The molecule has 1 heterocycles. The molecule has 1 aliphatic rings. The molecule has 2 amide bonds. The van der Waals surface area contributed by atoms with Crippen LogP contribution in [-0.2, 0) is 9.59 Å². The van der Waals surface area contributed by atoms with Gasteiger partial charge in [0.2, 0.25) is 11.8 Å². The number of hydrogen-bond acceptors (Lipinski definition) is 3. The van der Waals surface area contributed by atoms with Crippen molar-refractivity contribution in [2.75, 3.05) is 18.0 Å². The molecule has 23 heavy (non-hydrogen) atoms. The third kappa shape index (κ3) is 4.24. The smallest absolute Gasteiger partial charge is 0.239 e. The normalized spacial score (nSPS) is 19.8. The SMILES string of the molecule is CC(C)(C)C(O)CNC(=O)C1CCN(c2cccc(Cl)c2)C1=O. The number of halogens is 1. The lowest BCUT2D eigenvalue weighted by molar-refractivity contribution is -0.132. The molecule has 1 saturated heterocycles. The van der Waals surface area contributed by atoms with Crippen LogP contribution in [0.5, 0.6) is 0 Å². The van der Waals surface area contributed by atoms with Gasteiger partial charge in [-0.2, -0.15) is 0 Å². The predicted octanol–water partition coefficient (Wildman–Crippen LogP) is 2.22. The van der Waals surface area contributed by atoms with Gasteiger partial charge in [-0.1, -0.05) is 38.4 Å². The highest BCUT2D eigenvalue weighted by atomic mass is 35.5. The van der Waals surface area contributed by atoms with Crippen LogP contribution in [0.3, 0.4) is 0 Å². The number of amides is 2. The van der Waals surface area contributed by atoms with E-state index in [1.165, 1.54) is 0 Å². The second-order valence-corrected chi connectivity index (χ2v) is 7.37. The molecule has 0 aromatic heterocycles. The molecule has 5 nitrogen and oxygen atoms in total. The molecular formula is C17H23ClN2O3. The van der Waals surface area contributed by atoms with Crippen LogP contribution in [0.25, 0.3) is 0 Å². The van der Waals surface area contributed by atoms with Gasteiger partial charge in [0.25, 0.3) is 0 Å². The van der Waals surface area contributed by atoms with Gasteiger partial charge in [0.1, 0.15) is 5.92 Å². The first-order chi connectivity index (χ1) is 10.7. The number of carbonyl (C=O) groups is 2. The Bertz CT molecular complexity index is 598. The fourth-order valence-electron chi connectivity index (χ4n) is 2.45. The number of benzene rings is 1. The molecule has 0 saturated carbocycles. The summed E-state index contributed by atoms with van der Waals surface area (Å²) in [5.41, 5.74) is 0.382. The van der Waals surface area contributed by atoms with Gasteiger partial charge in [0.15, 0.2) is 0 Å². The number of aliphatic hydroxyl groups excluding tert-OH is 1. The Morgan fingerprint density at radius 3 is 2.78 bits per heavy atom. The minimum Gasteiger partial charge on any atom is -0.391 e. The van der Waals surface area contributed by atoms with E-state index in [4.69, 9.17) is 11.6 Å². The highest BCUT2D eigenvalue weighted by Gasteiger charge is 2.38. The number of carbonyl (C=O) groups excluding carboxylic acids is 2. The van der Waals surface area contributed by atoms with Gasteiger partial charge in [-0.15, -0.1) is 0 Å². The van der Waals surface area contributed by atoms with Gasteiger partial charge < -0.3 is 15.3 Å². The van der Waals surface area contributed by atoms with E-state index in [9.17, 15) is 14.7 Å². The van der Waals surface area contributed by atoms with Crippen LogP contribution in [0.1, 0.15) is 27.2 Å². The summed E-state index contributed by atoms with van der Waals surface area (Å²) < 4.78 is 0. The molecule has 0 spiro atoms. The van der Waals surface area contributed by atoms with Gasteiger partial charge in [-0.05, 0) is 30.0 Å². The van der Waals surface area contributed by atoms with Crippen molar-refractivity contribution in [1.82, 2.24) is 5.32 Å². The minimum absolute atomic E-state index is 0.142. The van der Waals surface area contributed by atoms with Crippen LogP contribution in [0.4, 0.5) is 5.69 Å². The van der Waals surface area contributed by atoms with Gasteiger partial charge in [-0.25, -0.2) is 0 Å². The number of anilines is 1. The zero-order valence-electron chi connectivity index (χ0n) is 13.7. The molecule has 2 N–H and O–H groups in total. The van der Waals surface area contributed by atoms with Crippen molar-refractivity contribution in [2.24, 2.45) is 11.3 Å². The lowest BCUT2D eigenvalue weighted by Gasteiger charge is -2.26. The molecule has 126 valence electrons. The van der Waals surface area contributed by atoms with E-state index in [0.29, 0.717) is 23.7 Å². The third-order valence-electron chi connectivity index (χ3n) is 4.11. The van der Waals surface area contributed by atoms with Crippen LogP contribution < -0.4 is 10.2 Å². The molecule has 2 unspecified atom stereocenters. The molecule has 1 aromatic carbocycles. The number of nitrogens with one attached hydrogen (secondary N) is 1. The zero-order chi connectivity index (χ0) is 17.2. The van der Waals surface area contributed by atoms with E-state index in [1.54, 1.807) is 29.2 Å². The summed E-state index contributed by atoms with van der Waals surface area (Å²) in [4.78, 5) is 26.3. The summed E-state index contributed by atoms with van der Waals surface area (Å²) in [5.74, 6) is -1.26. The van der Waals surface area contributed by atoms with Crippen molar-refractivity contribution in [1.29, 1.82) is 0 Å². The fourth-order valence-corrected chi connectivity index (χ4v) is 2.63. The predicted molar refractivity (Wildman–Crippen MR) is 90.4 cm³/mol. The van der Waals surface area contributed by atoms with Crippen molar-refractivity contribution in [3.63, 3.8) is 0 Å². The number of hydrogen-bond donors (Lipinski definition) is 2. The lowest BCUT2D eigenvalue weighted by Crippen LogP contribution is -2.43. The maximum Gasteiger partial charge on any atom is 0.239 e. The highest BCUT2D eigenvalue weighted by molar-refractivity contribution is 6.31. The summed E-state index contributed by atoms with van der Waals surface area (Å²) in [5, 5.41) is 13.2. The van der Waals surface area contributed by atoms with E-state index in [0.717, 1.165) is 0 Å². The Labute approximate surface area is 141 Å². The Morgan fingerprint density at radius 2 is 2.17 bits per heavy atom. The van der Waals surface area contributed by atoms with E-state index in [-0.39, 0.29) is 23.8 Å². The maximum absolute atomic E-state index is 12.5. The molecule has 0 bridgehead atoms. The molecule has 1 fully saturated rings. The second kappa shape index (κ2) is 6.89. The molecule has 0 aliphatic carbocycles. The molecule has 2 atom stereocenters. The standard InChI is InChI=1S/C17H23ClN2O3/c1-17(2,3)14(21)10-19-15(22)13-7-8-20(16(13)23)12-6-4-5-11(18)9-12/h4-6,9,13-14,21H,7-8,10H2,1-3H3,(H,19,22). The molecular weight excluding hydrogens is 316 g/mol. The molecule has 1 aliphatic heterocycles. The van der Waals surface area contributed by atoms with Gasteiger partial charge in [-0.3, -0.25) is 9.59 Å². The number of nitrogens with zero attached hydrogens (tertiary/aromatic N) is 1. The average molecular weight is 339 g/mol. The average Bonchev–Trinajstić information content (AvgIpc) is 2.85. The van der Waals surface area contributed by atoms with E-state index in [1.807, 2.05) is 20.8 Å². The van der Waals surface area contributed by atoms with Crippen LogP contribution in [-0.4, -0.2) is 36.1 Å². The first-order valence-electron chi connectivity index (χ1n) is 7.73. The Balaban J connectivity index is 1.97. The van der Waals surface area contributed by atoms with Crippen molar-refractivity contribution < 1.29 is 14.7 Å². The summed E-state index contributed by atoms with van der Waals surface area (Å²) >= 11 is 5.95. The largest absolute Gasteiger partial charge is 0.391 e. The first-order valence-corrected chi connectivity index (χ1v) is 8.10. The quantitative estimate of drug-likeness (QED) is 0.827. The number of aliphatic hydroxyl groups is 1. The van der Waals surface area contributed by atoms with Crippen molar-refractivity contribution in [3.8, 4) is 0 Å². The fraction of sp³-hybridized carbons (Fsp3) is 0.529. The van der Waals surface area contributed by atoms with Crippen molar-refractivity contribution in [3.05, 3.63) is 29.3 Å². The van der Waals surface area contributed by atoms with E-state index >= 15 is 0 Å². The molecule has 6 heteroatoms. The Hall–Kier alpha value is -1.59. The topological polar surface area (TPSA) is 69.6 Å². The van der Waals surface area contributed by atoms with Gasteiger partial charge >= 0.3 is 0 Å². The third-order valence-corrected chi connectivity index (χ3v) is 4.35. The van der Waals surface area contributed by atoms with Crippen molar-refractivity contribution >= 4 is 29.1 Å². The molecule has 0 radical (unpaired) electrons. The van der Waals surface area contributed by atoms with Crippen LogP contribution >= 0.6 is 11.6 Å². The van der Waals surface area contributed by atoms with Crippen LogP contribution in [0, 0.1) is 11.3 Å². The van der Waals surface area contributed by atoms with Gasteiger partial charge in [0, 0.05) is 23.8 Å². The van der Waals surface area contributed by atoms with E-state index in [2.05, 4.69) is 5.32 Å². The monoisotopic (exact) mass is 338 g/mol. The Morgan fingerprint density at radius 1 is 1.48 bits per heavy atom. The summed E-state index contributed by atoms with van der Waals surface area (Å²) in [6.07, 6.45) is -0.199. The van der Waals surface area contributed by atoms with Gasteiger partial charge in [0.05, 0.1) is 6.10 Å². The highest BCUT2D eigenvalue weighted by Crippen LogP contribution is 2.27. The maximum atomic E-state index is 12.5. The zero-order valence-corrected chi connectivity index (χ0v) is 14.4. The summed E-state index contributed by atoms with van der Waals surface area (Å²) in [6, 6.07) is 7.03. The van der Waals surface area contributed by atoms with E-state index < -0.39 is 12.0 Å². The Kier molecular flexibility index (Phi) is 5.32. The number of rotatable bonds is 4. The second-order valence-electron chi connectivity index (χ2n) is 6.94. The lowest BCUT2D eigenvalue weighted by atomic mass is 9.89. The first kappa shape index (κ1) is 17.8. The molecule has 1 aromatic rings. The van der Waals surface area contributed by atoms with Crippen molar-refractivity contribution in [2.45, 2.75) is 33.3 Å². The minimum atomic E-state index is -0.707. The summed E-state index contributed by atoms with van der Waals surface area (Å²) in [7, 11) is 0. The van der Waals surface area contributed by atoms with Crippen LogP contribution in [0.2, 0.25) is 5.02 Å². The summed E-state index contributed by atoms with van der Waals surface area (Å²) in [6.45, 7) is 6.31.